The molecule has 88 valence electrons. The number of hydrogen-bond donors (Lipinski definition) is 1. The van der Waals surface area contributed by atoms with Crippen LogP contribution in [0.5, 0.6) is 0 Å². The van der Waals surface area contributed by atoms with Gasteiger partial charge >= 0.3 is 5.97 Å². The Hall–Kier alpha value is -1.06. The van der Waals surface area contributed by atoms with Gasteiger partial charge < -0.3 is 10.1 Å². The van der Waals surface area contributed by atoms with E-state index in [0.717, 1.165) is 19.3 Å². The quantitative estimate of drug-likeness (QED) is 0.519. The molecule has 0 spiro atoms. The highest BCUT2D eigenvalue weighted by Crippen LogP contribution is 2.02. The average Bonchev–Trinajstić information content (AvgIpc) is 2.09. The molecule has 0 saturated heterocycles. The molecule has 4 nitrogen and oxygen atoms in total. The van der Waals surface area contributed by atoms with Gasteiger partial charge in [-0.1, -0.05) is 6.42 Å². The second-order valence-corrected chi connectivity index (χ2v) is 3.83. The van der Waals surface area contributed by atoms with Gasteiger partial charge in [0.2, 0.25) is 5.91 Å². The number of unbranched alkanes of at least 4 members (excludes halogenated alkanes) is 2. The van der Waals surface area contributed by atoms with Gasteiger partial charge in [-0.05, 0) is 26.7 Å². The van der Waals surface area contributed by atoms with Crippen molar-refractivity contribution in [1.82, 2.24) is 5.32 Å². The van der Waals surface area contributed by atoms with E-state index < -0.39 is 0 Å². The van der Waals surface area contributed by atoms with E-state index in [4.69, 9.17) is 4.74 Å². The summed E-state index contributed by atoms with van der Waals surface area (Å²) < 4.78 is 4.99. The molecule has 0 aliphatic rings. The zero-order valence-corrected chi connectivity index (χ0v) is 9.84. The van der Waals surface area contributed by atoms with E-state index in [2.05, 4.69) is 5.32 Å². The smallest absolute Gasteiger partial charge is 0.306 e. The standard InChI is InChI=1S/C11H21NO3/c1-9(2)15-11(14)7-5-4-6-8-12-10(3)13/h9H,4-8H2,1-3H3,(H,12,13). The van der Waals surface area contributed by atoms with E-state index >= 15 is 0 Å². The predicted octanol–water partition coefficient (Wildman–Crippen LogP) is 1.63. The van der Waals surface area contributed by atoms with Gasteiger partial charge in [0.1, 0.15) is 0 Å². The number of carbonyl (C=O) groups excluding carboxylic acids is 2. The third-order valence-electron chi connectivity index (χ3n) is 1.80. The molecule has 0 unspecified atom stereocenters. The first-order chi connectivity index (χ1) is 7.02. The molecule has 15 heavy (non-hydrogen) atoms. The molecular weight excluding hydrogens is 194 g/mol. The third-order valence-corrected chi connectivity index (χ3v) is 1.80. The summed E-state index contributed by atoms with van der Waals surface area (Å²) in [6, 6.07) is 0. The molecule has 0 saturated carbocycles. The van der Waals surface area contributed by atoms with Crippen LogP contribution in [0, 0.1) is 0 Å². The highest BCUT2D eigenvalue weighted by molar-refractivity contribution is 5.72. The van der Waals surface area contributed by atoms with Crippen molar-refractivity contribution in [2.45, 2.75) is 52.6 Å². The van der Waals surface area contributed by atoms with E-state index in [9.17, 15) is 9.59 Å². The normalized spacial score (nSPS) is 10.1. The fourth-order valence-electron chi connectivity index (χ4n) is 1.16. The first-order valence-corrected chi connectivity index (χ1v) is 5.46. The fourth-order valence-corrected chi connectivity index (χ4v) is 1.16. The van der Waals surface area contributed by atoms with Crippen molar-refractivity contribution in [3.05, 3.63) is 0 Å². The van der Waals surface area contributed by atoms with Gasteiger partial charge in [-0.25, -0.2) is 0 Å². The minimum absolute atomic E-state index is 0.00535. The van der Waals surface area contributed by atoms with Crippen molar-refractivity contribution in [3.63, 3.8) is 0 Å². The Labute approximate surface area is 91.4 Å². The minimum Gasteiger partial charge on any atom is -0.463 e. The molecule has 0 heterocycles. The Morgan fingerprint density at radius 3 is 2.40 bits per heavy atom. The topological polar surface area (TPSA) is 55.4 Å². The van der Waals surface area contributed by atoms with Crippen molar-refractivity contribution in [2.75, 3.05) is 6.54 Å². The second kappa shape index (κ2) is 8.26. The molecule has 0 aliphatic carbocycles. The number of amides is 1. The van der Waals surface area contributed by atoms with Crippen LogP contribution in [0.2, 0.25) is 0 Å². The Morgan fingerprint density at radius 2 is 1.87 bits per heavy atom. The number of ether oxygens (including phenoxy) is 1. The van der Waals surface area contributed by atoms with Gasteiger partial charge in [0.25, 0.3) is 0 Å². The van der Waals surface area contributed by atoms with E-state index in [1.165, 1.54) is 6.92 Å². The van der Waals surface area contributed by atoms with Crippen molar-refractivity contribution in [3.8, 4) is 0 Å². The SMILES string of the molecule is CC(=O)NCCCCCC(=O)OC(C)C. The zero-order chi connectivity index (χ0) is 11.7. The number of nitrogens with one attached hydrogen (secondary N) is 1. The summed E-state index contributed by atoms with van der Waals surface area (Å²) >= 11 is 0. The highest BCUT2D eigenvalue weighted by Gasteiger charge is 2.04. The van der Waals surface area contributed by atoms with E-state index in [1.807, 2.05) is 13.8 Å². The summed E-state index contributed by atoms with van der Waals surface area (Å²) in [5, 5.41) is 2.71. The first-order valence-electron chi connectivity index (χ1n) is 5.46. The average molecular weight is 215 g/mol. The van der Waals surface area contributed by atoms with Crippen molar-refractivity contribution < 1.29 is 14.3 Å². The van der Waals surface area contributed by atoms with Crippen LogP contribution >= 0.6 is 0 Å². The highest BCUT2D eigenvalue weighted by atomic mass is 16.5. The Kier molecular flexibility index (Phi) is 7.68. The van der Waals surface area contributed by atoms with Crippen LogP contribution in [0.25, 0.3) is 0 Å². The summed E-state index contributed by atoms with van der Waals surface area (Å²) in [5.74, 6) is -0.140. The fraction of sp³-hybridized carbons (Fsp3) is 0.818. The summed E-state index contributed by atoms with van der Waals surface area (Å²) in [5.41, 5.74) is 0. The third kappa shape index (κ3) is 10.9. The van der Waals surface area contributed by atoms with E-state index in [-0.39, 0.29) is 18.0 Å². The lowest BCUT2D eigenvalue weighted by atomic mass is 10.2. The largest absolute Gasteiger partial charge is 0.463 e. The molecule has 0 aromatic carbocycles. The van der Waals surface area contributed by atoms with Gasteiger partial charge in [-0.2, -0.15) is 0 Å². The van der Waals surface area contributed by atoms with Gasteiger partial charge in [0.15, 0.2) is 0 Å². The van der Waals surface area contributed by atoms with E-state index in [1.54, 1.807) is 0 Å². The number of carbonyl (C=O) groups is 2. The Balaban J connectivity index is 3.24. The molecule has 0 aliphatic heterocycles. The Morgan fingerprint density at radius 1 is 1.20 bits per heavy atom. The molecular formula is C11H21NO3. The maximum absolute atomic E-state index is 11.1. The van der Waals surface area contributed by atoms with Crippen LogP contribution in [-0.4, -0.2) is 24.5 Å². The van der Waals surface area contributed by atoms with Gasteiger partial charge in [-0.3, -0.25) is 9.59 Å². The molecule has 0 atom stereocenters. The van der Waals surface area contributed by atoms with Gasteiger partial charge in [-0.15, -0.1) is 0 Å². The van der Waals surface area contributed by atoms with Crippen LogP contribution in [0.4, 0.5) is 0 Å². The molecule has 0 bridgehead atoms. The number of hydrogen-bond acceptors (Lipinski definition) is 3. The van der Waals surface area contributed by atoms with Crippen molar-refractivity contribution in [2.24, 2.45) is 0 Å². The lowest BCUT2D eigenvalue weighted by Gasteiger charge is -2.07. The van der Waals surface area contributed by atoms with E-state index in [0.29, 0.717) is 13.0 Å². The summed E-state index contributed by atoms with van der Waals surface area (Å²) in [7, 11) is 0. The molecule has 4 heteroatoms. The maximum atomic E-state index is 11.1. The molecule has 0 aromatic heterocycles. The molecule has 0 aromatic rings. The van der Waals surface area contributed by atoms with Crippen LogP contribution in [0.15, 0.2) is 0 Å². The van der Waals surface area contributed by atoms with Crippen molar-refractivity contribution >= 4 is 11.9 Å². The van der Waals surface area contributed by atoms with Crippen molar-refractivity contribution in [1.29, 1.82) is 0 Å². The lowest BCUT2D eigenvalue weighted by Crippen LogP contribution is -2.20. The first kappa shape index (κ1) is 13.9. The van der Waals surface area contributed by atoms with Crippen LogP contribution in [0.1, 0.15) is 46.5 Å². The second-order valence-electron chi connectivity index (χ2n) is 3.83. The lowest BCUT2D eigenvalue weighted by molar-refractivity contribution is -0.147. The Bertz CT molecular complexity index is 202. The number of esters is 1. The van der Waals surface area contributed by atoms with Crippen LogP contribution < -0.4 is 5.32 Å². The summed E-state index contributed by atoms with van der Waals surface area (Å²) in [6.07, 6.45) is 3.11. The zero-order valence-electron chi connectivity index (χ0n) is 9.84. The number of rotatable bonds is 7. The monoisotopic (exact) mass is 215 g/mol. The molecule has 1 N–H and O–H groups in total. The van der Waals surface area contributed by atoms with Gasteiger partial charge in [0, 0.05) is 19.9 Å². The van der Waals surface area contributed by atoms with Gasteiger partial charge in [0.05, 0.1) is 6.10 Å². The van der Waals surface area contributed by atoms with Crippen LogP contribution in [0.3, 0.4) is 0 Å². The molecule has 0 fully saturated rings. The summed E-state index contributed by atoms with van der Waals surface area (Å²) in [4.78, 5) is 21.6. The minimum atomic E-state index is -0.135. The predicted molar refractivity (Wildman–Crippen MR) is 58.4 cm³/mol. The molecule has 0 radical (unpaired) electrons. The maximum Gasteiger partial charge on any atom is 0.306 e. The molecule has 0 rings (SSSR count). The summed E-state index contributed by atoms with van der Waals surface area (Å²) in [6.45, 7) is 5.87. The molecule has 1 amide bonds. The van der Waals surface area contributed by atoms with Crippen LogP contribution in [-0.2, 0) is 14.3 Å².